The molecule has 1 heterocycles. The smallest absolute Gasteiger partial charge is 0.416 e. The Hall–Kier alpha value is -3.97. The van der Waals surface area contributed by atoms with E-state index in [4.69, 9.17) is 13.8 Å². The van der Waals surface area contributed by atoms with Crippen LogP contribution in [0.15, 0.2) is 108 Å². The molecular formula is C28H18F6NO2P. The van der Waals surface area contributed by atoms with Crippen molar-refractivity contribution in [1.82, 2.24) is 0 Å². The summed E-state index contributed by atoms with van der Waals surface area (Å²) in [6.45, 7) is 0. The van der Waals surface area contributed by atoms with E-state index in [2.05, 4.69) is 0 Å². The Morgan fingerprint density at radius 2 is 1.05 bits per heavy atom. The Bertz CT molecular complexity index is 1470. The summed E-state index contributed by atoms with van der Waals surface area (Å²) in [4.78, 5) is 0. The number of benzene rings is 4. The van der Waals surface area contributed by atoms with E-state index < -0.39 is 31.0 Å². The maximum Gasteiger partial charge on any atom is 0.416 e. The molecule has 0 saturated carbocycles. The van der Waals surface area contributed by atoms with E-state index >= 15 is 0 Å². The van der Waals surface area contributed by atoms with Gasteiger partial charge in [0.05, 0.1) is 22.1 Å². The first-order chi connectivity index (χ1) is 18.0. The second-order valence-corrected chi connectivity index (χ2v) is 10.4. The molecule has 0 aromatic heterocycles. The average Bonchev–Trinajstić information content (AvgIpc) is 2.88. The maximum absolute atomic E-state index is 13.8. The first kappa shape index (κ1) is 25.7. The number of fused-ring (bicyclic) bond motifs is 1. The third-order valence-corrected chi connectivity index (χ3v) is 7.99. The van der Waals surface area contributed by atoms with Crippen molar-refractivity contribution in [2.45, 2.75) is 12.4 Å². The van der Waals surface area contributed by atoms with Gasteiger partial charge in [-0.1, -0.05) is 54.6 Å². The fraction of sp³-hybridized carbons (Fsp3) is 0.0714. The summed E-state index contributed by atoms with van der Waals surface area (Å²) < 4.78 is 100.0. The minimum absolute atomic E-state index is 0.0273. The number of hydrogen-bond donors (Lipinski definition) is 0. The van der Waals surface area contributed by atoms with Gasteiger partial charge in [-0.2, -0.15) is 31.1 Å². The highest BCUT2D eigenvalue weighted by Crippen LogP contribution is 2.67. The lowest BCUT2D eigenvalue weighted by molar-refractivity contribution is -0.143. The van der Waals surface area contributed by atoms with Crippen LogP contribution >= 0.6 is 7.51 Å². The molecule has 4 aromatic carbocycles. The largest absolute Gasteiger partial charge is 0.427 e. The number of nitrogens with zero attached hydrogens (tertiary/aromatic N) is 1. The van der Waals surface area contributed by atoms with Crippen molar-refractivity contribution in [3.8, 4) is 11.5 Å². The van der Waals surface area contributed by atoms with Crippen molar-refractivity contribution < 1.29 is 35.4 Å². The molecule has 4 aromatic rings. The average molecular weight is 545 g/mol. The van der Waals surface area contributed by atoms with Crippen LogP contribution in [0.25, 0.3) is 11.4 Å². The molecule has 0 amide bonds. The number of para-hydroxylation sites is 2. The fourth-order valence-corrected chi connectivity index (χ4v) is 6.34. The molecule has 0 N–H and O–H groups in total. The van der Waals surface area contributed by atoms with E-state index in [-0.39, 0.29) is 28.4 Å². The van der Waals surface area contributed by atoms with Crippen LogP contribution in [0.3, 0.4) is 0 Å². The van der Waals surface area contributed by atoms with Gasteiger partial charge in [-0.15, -0.1) is 0 Å². The van der Waals surface area contributed by atoms with Gasteiger partial charge in [-0.25, -0.2) is 0 Å². The number of halogens is 6. The summed E-state index contributed by atoms with van der Waals surface area (Å²) in [6, 6.07) is 24.8. The van der Waals surface area contributed by atoms with Gasteiger partial charge in [0.15, 0.2) is 0 Å². The van der Waals surface area contributed by atoms with E-state index in [9.17, 15) is 26.3 Å². The Kier molecular flexibility index (Phi) is 6.57. The molecule has 0 fully saturated rings. The van der Waals surface area contributed by atoms with Gasteiger partial charge in [0.1, 0.15) is 11.5 Å². The lowest BCUT2D eigenvalue weighted by Crippen LogP contribution is -2.13. The van der Waals surface area contributed by atoms with E-state index in [0.717, 1.165) is 0 Å². The van der Waals surface area contributed by atoms with Crippen molar-refractivity contribution in [3.63, 3.8) is 0 Å². The normalized spacial score (nSPS) is 14.6. The molecule has 0 atom stereocenters. The summed E-state index contributed by atoms with van der Waals surface area (Å²) in [6.07, 6.45) is -8.57. The molecule has 0 aliphatic carbocycles. The van der Waals surface area contributed by atoms with E-state index in [1.807, 2.05) is 0 Å². The van der Waals surface area contributed by atoms with Crippen molar-refractivity contribution in [2.75, 3.05) is 0 Å². The molecule has 0 spiro atoms. The fourth-order valence-electron chi connectivity index (χ4n) is 3.88. The highest BCUT2D eigenvalue weighted by molar-refractivity contribution is 7.68. The Morgan fingerprint density at radius 1 is 0.579 bits per heavy atom. The Morgan fingerprint density at radius 3 is 1.55 bits per heavy atom. The third-order valence-electron chi connectivity index (χ3n) is 5.60. The van der Waals surface area contributed by atoms with Crippen LogP contribution in [0, 0.1) is 0 Å². The number of alkyl halides is 6. The zero-order valence-corrected chi connectivity index (χ0v) is 20.3. The van der Waals surface area contributed by atoms with E-state index in [1.54, 1.807) is 84.9 Å². The Balaban J connectivity index is 1.81. The SMILES string of the molecule is FC(F)(F)c1cc(C2=Cc3ccccc3N=P2(Oc2ccccc2)Oc2ccccc2)cc(C(F)(F)F)c1. The van der Waals surface area contributed by atoms with Crippen LogP contribution in [-0.2, 0) is 12.4 Å². The third kappa shape index (κ3) is 5.34. The van der Waals surface area contributed by atoms with E-state index in [0.29, 0.717) is 23.4 Å². The number of rotatable bonds is 5. The molecule has 0 unspecified atom stereocenters. The zero-order chi connectivity index (χ0) is 27.0. The minimum atomic E-state index is -5.03. The van der Waals surface area contributed by atoms with Crippen LogP contribution in [-0.4, -0.2) is 0 Å². The van der Waals surface area contributed by atoms with Crippen LogP contribution in [0.2, 0.25) is 0 Å². The van der Waals surface area contributed by atoms with Gasteiger partial charge in [0.2, 0.25) is 0 Å². The molecule has 38 heavy (non-hydrogen) atoms. The van der Waals surface area contributed by atoms with Crippen LogP contribution in [0.1, 0.15) is 22.3 Å². The summed E-state index contributed by atoms with van der Waals surface area (Å²) in [5, 5.41) is -0.0273. The van der Waals surface area contributed by atoms with Crippen LogP contribution < -0.4 is 9.05 Å². The van der Waals surface area contributed by atoms with Crippen molar-refractivity contribution in [2.24, 2.45) is 4.74 Å². The first-order valence-corrected chi connectivity index (χ1v) is 12.8. The topological polar surface area (TPSA) is 30.8 Å². The zero-order valence-electron chi connectivity index (χ0n) is 19.4. The summed E-state index contributed by atoms with van der Waals surface area (Å²) in [5.41, 5.74) is -2.32. The molecule has 1 aliphatic heterocycles. The Labute approximate surface area is 214 Å². The molecule has 0 radical (unpaired) electrons. The first-order valence-electron chi connectivity index (χ1n) is 11.3. The van der Waals surface area contributed by atoms with Gasteiger partial charge in [0.25, 0.3) is 0 Å². The second kappa shape index (κ2) is 9.72. The maximum atomic E-state index is 13.8. The van der Waals surface area contributed by atoms with Crippen LogP contribution in [0.5, 0.6) is 11.5 Å². The monoisotopic (exact) mass is 545 g/mol. The molecule has 1 aliphatic rings. The lowest BCUT2D eigenvalue weighted by Gasteiger charge is -2.31. The van der Waals surface area contributed by atoms with Gasteiger partial charge in [-0.05, 0) is 60.2 Å². The lowest BCUT2D eigenvalue weighted by atomic mass is 10.0. The summed E-state index contributed by atoms with van der Waals surface area (Å²) in [5.74, 6) is 0.572. The summed E-state index contributed by atoms with van der Waals surface area (Å²) in [7, 11) is -3.79. The van der Waals surface area contributed by atoms with Gasteiger partial charge >= 0.3 is 19.9 Å². The molecule has 3 nitrogen and oxygen atoms in total. The summed E-state index contributed by atoms with van der Waals surface area (Å²) >= 11 is 0. The standard InChI is InChI=1S/C28H18F6NO2P/c29-27(30,31)21-15-20(16-22(18-21)28(32,33)34)26-17-19-9-7-8-14-25(19)35-38(26,36-23-10-3-1-4-11-23)37-24-12-5-2-6-13-24/h1-18H. The predicted molar refractivity (Wildman–Crippen MR) is 134 cm³/mol. The quantitative estimate of drug-likeness (QED) is 0.185. The van der Waals surface area contributed by atoms with Gasteiger partial charge in [-0.3, -0.25) is 0 Å². The molecule has 5 rings (SSSR count). The van der Waals surface area contributed by atoms with E-state index in [1.165, 1.54) is 6.08 Å². The highest BCUT2D eigenvalue weighted by Gasteiger charge is 2.41. The molecule has 194 valence electrons. The molecule has 0 saturated heterocycles. The highest BCUT2D eigenvalue weighted by atomic mass is 31.2. The van der Waals surface area contributed by atoms with Crippen molar-refractivity contribution in [1.29, 1.82) is 0 Å². The van der Waals surface area contributed by atoms with Gasteiger partial charge < -0.3 is 9.05 Å². The predicted octanol–water partition coefficient (Wildman–Crippen LogP) is 10.1. The van der Waals surface area contributed by atoms with Crippen molar-refractivity contribution in [3.05, 3.63) is 125 Å². The minimum Gasteiger partial charge on any atom is -0.427 e. The molecule has 0 bridgehead atoms. The van der Waals surface area contributed by atoms with Gasteiger partial charge in [0, 0.05) is 5.56 Å². The van der Waals surface area contributed by atoms with Crippen molar-refractivity contribution >= 4 is 24.6 Å². The van der Waals surface area contributed by atoms with Crippen LogP contribution in [0.4, 0.5) is 32.0 Å². The molecule has 10 heteroatoms. The second-order valence-electron chi connectivity index (χ2n) is 8.31. The number of hydrogen-bond acceptors (Lipinski definition) is 3. The molecular weight excluding hydrogens is 527 g/mol.